The lowest BCUT2D eigenvalue weighted by molar-refractivity contribution is -0.138. The Labute approximate surface area is 110 Å². The van der Waals surface area contributed by atoms with E-state index in [0.717, 1.165) is 12.0 Å². The second-order valence-electron chi connectivity index (χ2n) is 4.42. The van der Waals surface area contributed by atoms with Crippen molar-refractivity contribution in [2.45, 2.75) is 38.0 Å². The fraction of sp³-hybridized carbons (Fsp3) is 0.667. The molecular formula is C12H19F3N2S. The molecule has 0 aromatic carbocycles. The number of alkyl halides is 3. The van der Waals surface area contributed by atoms with Crippen LogP contribution in [0.2, 0.25) is 0 Å². The Morgan fingerprint density at radius 2 is 2.11 bits per heavy atom. The molecule has 2 nitrogen and oxygen atoms in total. The molecule has 6 heteroatoms. The number of hydrogen-bond donors (Lipinski definition) is 1. The minimum atomic E-state index is -4.12. The van der Waals surface area contributed by atoms with Crippen molar-refractivity contribution in [1.29, 1.82) is 0 Å². The quantitative estimate of drug-likeness (QED) is 0.865. The average Bonchev–Trinajstić information content (AvgIpc) is 2.79. The van der Waals surface area contributed by atoms with Crippen LogP contribution in [0.4, 0.5) is 13.2 Å². The van der Waals surface area contributed by atoms with Crippen molar-refractivity contribution in [3.8, 4) is 0 Å². The van der Waals surface area contributed by atoms with Crippen molar-refractivity contribution in [3.05, 3.63) is 22.4 Å². The van der Waals surface area contributed by atoms with Gasteiger partial charge in [0.25, 0.3) is 0 Å². The molecule has 1 aromatic heterocycles. The third kappa shape index (κ3) is 4.59. The first-order chi connectivity index (χ1) is 8.35. The summed E-state index contributed by atoms with van der Waals surface area (Å²) in [6.45, 7) is 1.92. The zero-order valence-corrected chi connectivity index (χ0v) is 11.4. The summed E-state index contributed by atoms with van der Waals surface area (Å²) in [5.41, 5.74) is 7.03. The molecule has 18 heavy (non-hydrogen) atoms. The average molecular weight is 280 g/mol. The highest BCUT2D eigenvalue weighted by atomic mass is 32.1. The summed E-state index contributed by atoms with van der Waals surface area (Å²) in [6.07, 6.45) is -4.19. The molecule has 0 aliphatic rings. The first kappa shape index (κ1) is 15.5. The van der Waals surface area contributed by atoms with Crippen LogP contribution < -0.4 is 5.73 Å². The Bertz CT molecular complexity index is 338. The molecule has 2 unspecified atom stereocenters. The topological polar surface area (TPSA) is 29.3 Å². The predicted octanol–water partition coefficient (Wildman–Crippen LogP) is 3.41. The molecule has 0 saturated heterocycles. The Morgan fingerprint density at radius 1 is 1.44 bits per heavy atom. The maximum atomic E-state index is 12.2. The smallest absolute Gasteiger partial charge is 0.326 e. The Balaban J connectivity index is 2.72. The van der Waals surface area contributed by atoms with Crippen molar-refractivity contribution in [2.24, 2.45) is 5.73 Å². The molecule has 0 amide bonds. The molecule has 0 bridgehead atoms. The number of halogens is 3. The zero-order valence-electron chi connectivity index (χ0n) is 10.6. The lowest BCUT2D eigenvalue weighted by atomic mass is 9.99. The largest absolute Gasteiger partial charge is 0.390 e. The lowest BCUT2D eigenvalue weighted by Gasteiger charge is -2.32. The van der Waals surface area contributed by atoms with Crippen LogP contribution in [0.5, 0.6) is 0 Å². The molecular weight excluding hydrogens is 261 g/mol. The Kier molecular flexibility index (Phi) is 5.62. The molecule has 1 aromatic rings. The predicted molar refractivity (Wildman–Crippen MR) is 68.6 cm³/mol. The number of nitrogens with two attached hydrogens (primary N) is 1. The minimum absolute atomic E-state index is 0.0300. The summed E-state index contributed by atoms with van der Waals surface area (Å²) in [5.74, 6) is 0. The van der Waals surface area contributed by atoms with E-state index in [4.69, 9.17) is 5.73 Å². The molecule has 0 aliphatic carbocycles. The monoisotopic (exact) mass is 280 g/mol. The van der Waals surface area contributed by atoms with Gasteiger partial charge in [0.2, 0.25) is 0 Å². The van der Waals surface area contributed by atoms with E-state index in [0.29, 0.717) is 0 Å². The number of likely N-dealkylation sites (N-methyl/N-ethyl adjacent to an activating group) is 1. The van der Waals surface area contributed by atoms with E-state index < -0.39 is 12.6 Å². The van der Waals surface area contributed by atoms with Crippen LogP contribution in [-0.4, -0.2) is 30.7 Å². The maximum Gasteiger partial charge on any atom is 0.390 e. The highest BCUT2D eigenvalue weighted by molar-refractivity contribution is 7.07. The summed E-state index contributed by atoms with van der Waals surface area (Å²) >= 11 is 1.53. The van der Waals surface area contributed by atoms with E-state index in [9.17, 15) is 13.2 Å². The van der Waals surface area contributed by atoms with Gasteiger partial charge in [-0.05, 0) is 35.9 Å². The molecule has 0 fully saturated rings. The van der Waals surface area contributed by atoms with Gasteiger partial charge in [0.05, 0.1) is 12.5 Å². The normalized spacial score (nSPS) is 15.9. The molecule has 1 rings (SSSR count). The zero-order chi connectivity index (χ0) is 13.8. The fourth-order valence-electron chi connectivity index (χ4n) is 1.94. The van der Waals surface area contributed by atoms with E-state index in [2.05, 4.69) is 0 Å². The van der Waals surface area contributed by atoms with Gasteiger partial charge < -0.3 is 5.73 Å². The van der Waals surface area contributed by atoms with Gasteiger partial charge >= 0.3 is 6.18 Å². The van der Waals surface area contributed by atoms with Gasteiger partial charge in [-0.1, -0.05) is 6.92 Å². The molecule has 0 radical (unpaired) electrons. The third-order valence-electron chi connectivity index (χ3n) is 2.98. The molecule has 0 aliphatic heterocycles. The summed E-state index contributed by atoms with van der Waals surface area (Å²) < 4.78 is 36.7. The molecule has 0 spiro atoms. The molecule has 0 saturated carbocycles. The highest BCUT2D eigenvalue weighted by Crippen LogP contribution is 2.28. The number of nitrogens with zero attached hydrogens (tertiary/aromatic N) is 1. The van der Waals surface area contributed by atoms with Crippen molar-refractivity contribution in [3.63, 3.8) is 0 Å². The second-order valence-corrected chi connectivity index (χ2v) is 5.20. The number of thiophene rings is 1. The van der Waals surface area contributed by atoms with Gasteiger partial charge in [-0.2, -0.15) is 24.5 Å². The molecule has 104 valence electrons. The highest BCUT2D eigenvalue weighted by Gasteiger charge is 2.30. The molecule has 1 heterocycles. The van der Waals surface area contributed by atoms with Crippen LogP contribution in [-0.2, 0) is 0 Å². The first-order valence-electron chi connectivity index (χ1n) is 5.89. The van der Waals surface area contributed by atoms with Gasteiger partial charge in [0.15, 0.2) is 0 Å². The van der Waals surface area contributed by atoms with Gasteiger partial charge in [-0.25, -0.2) is 0 Å². The van der Waals surface area contributed by atoms with Crippen LogP contribution >= 0.6 is 11.3 Å². The fourth-order valence-corrected chi connectivity index (χ4v) is 2.63. The third-order valence-corrected chi connectivity index (χ3v) is 3.69. The van der Waals surface area contributed by atoms with Crippen LogP contribution in [0.1, 0.15) is 31.4 Å². The number of hydrogen-bond acceptors (Lipinski definition) is 3. The summed E-state index contributed by atoms with van der Waals surface area (Å²) in [4.78, 5) is 1.70. The summed E-state index contributed by atoms with van der Waals surface area (Å²) in [6, 6.07) is 1.62. The van der Waals surface area contributed by atoms with Crippen LogP contribution in [0.25, 0.3) is 0 Å². The molecule has 2 atom stereocenters. The van der Waals surface area contributed by atoms with Gasteiger partial charge in [-0.3, -0.25) is 4.90 Å². The van der Waals surface area contributed by atoms with E-state index in [1.165, 1.54) is 11.3 Å². The summed E-state index contributed by atoms with van der Waals surface area (Å²) in [7, 11) is 1.70. The van der Waals surface area contributed by atoms with Crippen molar-refractivity contribution in [1.82, 2.24) is 4.90 Å². The standard InChI is InChI=1S/C12H19F3N2S/c1-3-10(16)11(9-4-7-18-8-9)17(2)6-5-12(13,14)15/h4,7-8,10-11H,3,5-6,16H2,1-2H3. The van der Waals surface area contributed by atoms with E-state index >= 15 is 0 Å². The lowest BCUT2D eigenvalue weighted by Crippen LogP contribution is -2.40. The maximum absolute atomic E-state index is 12.2. The van der Waals surface area contributed by atoms with Crippen molar-refractivity contribution in [2.75, 3.05) is 13.6 Å². The van der Waals surface area contributed by atoms with E-state index in [1.807, 2.05) is 23.8 Å². The van der Waals surface area contributed by atoms with Crippen LogP contribution in [0.15, 0.2) is 16.8 Å². The van der Waals surface area contributed by atoms with Gasteiger partial charge in [0.1, 0.15) is 0 Å². The summed E-state index contributed by atoms with van der Waals surface area (Å²) in [5, 5.41) is 3.87. The van der Waals surface area contributed by atoms with Crippen LogP contribution in [0.3, 0.4) is 0 Å². The van der Waals surface area contributed by atoms with E-state index in [1.54, 1.807) is 11.9 Å². The minimum Gasteiger partial charge on any atom is -0.326 e. The van der Waals surface area contributed by atoms with Crippen molar-refractivity contribution < 1.29 is 13.2 Å². The number of rotatable bonds is 6. The van der Waals surface area contributed by atoms with Crippen molar-refractivity contribution >= 4 is 11.3 Å². The Morgan fingerprint density at radius 3 is 2.56 bits per heavy atom. The first-order valence-corrected chi connectivity index (χ1v) is 6.84. The Hall–Kier alpha value is -0.590. The van der Waals surface area contributed by atoms with Gasteiger partial charge in [-0.15, -0.1) is 0 Å². The van der Waals surface area contributed by atoms with E-state index in [-0.39, 0.29) is 18.6 Å². The van der Waals surface area contributed by atoms with Gasteiger partial charge in [0, 0.05) is 12.6 Å². The van der Waals surface area contributed by atoms with Crippen LogP contribution in [0, 0.1) is 0 Å². The molecule has 2 N–H and O–H groups in total. The SMILES string of the molecule is CCC(N)C(c1ccsc1)N(C)CCC(F)(F)F. The second kappa shape index (κ2) is 6.54.